The first-order valence-corrected chi connectivity index (χ1v) is 19.4. The maximum absolute atomic E-state index is 6.52. The van der Waals surface area contributed by atoms with Crippen molar-refractivity contribution in [1.82, 2.24) is 15.0 Å². The van der Waals surface area contributed by atoms with Gasteiger partial charge in [-0.3, -0.25) is 0 Å². The molecule has 0 atom stereocenters. The van der Waals surface area contributed by atoms with E-state index < -0.39 is 0 Å². The van der Waals surface area contributed by atoms with E-state index in [0.717, 1.165) is 82.8 Å². The number of hydrogen-bond donors (Lipinski definition) is 0. The summed E-state index contributed by atoms with van der Waals surface area (Å²) in [5.41, 5.74) is 10.2. The van der Waals surface area contributed by atoms with Crippen LogP contribution in [0.15, 0.2) is 197 Å². The van der Waals surface area contributed by atoms with Crippen molar-refractivity contribution in [2.75, 3.05) is 0 Å². The minimum Gasteiger partial charge on any atom is -0.456 e. The van der Waals surface area contributed by atoms with Gasteiger partial charge in [-0.25, -0.2) is 15.0 Å². The van der Waals surface area contributed by atoms with Gasteiger partial charge >= 0.3 is 0 Å². The Balaban J connectivity index is 1.07. The van der Waals surface area contributed by atoms with Crippen molar-refractivity contribution in [2.45, 2.75) is 0 Å². The van der Waals surface area contributed by atoms with Crippen LogP contribution in [0.25, 0.3) is 122 Å². The van der Waals surface area contributed by atoms with E-state index in [9.17, 15) is 0 Å². The van der Waals surface area contributed by atoms with Crippen LogP contribution in [0.4, 0.5) is 0 Å². The second kappa shape index (κ2) is 12.8. The Kier molecular flexibility index (Phi) is 7.16. The van der Waals surface area contributed by atoms with Crippen LogP contribution < -0.4 is 0 Å². The van der Waals surface area contributed by atoms with E-state index in [1.54, 1.807) is 0 Å². The topological polar surface area (TPSA) is 65.0 Å². The number of hydrogen-bond acceptors (Lipinski definition) is 5. The van der Waals surface area contributed by atoms with Crippen molar-refractivity contribution in [3.63, 3.8) is 0 Å². The molecule has 5 heteroatoms. The normalized spacial score (nSPS) is 11.8. The third-order valence-electron chi connectivity index (χ3n) is 11.3. The van der Waals surface area contributed by atoms with E-state index in [2.05, 4.69) is 133 Å². The summed E-state index contributed by atoms with van der Waals surface area (Å²) >= 11 is 0. The fraction of sp³-hybridized carbons (Fsp3) is 0. The molecule has 0 aliphatic carbocycles. The molecule has 12 rings (SSSR count). The van der Waals surface area contributed by atoms with Crippen LogP contribution in [0.1, 0.15) is 0 Å². The number of para-hydroxylation sites is 3. The summed E-state index contributed by atoms with van der Waals surface area (Å²) in [5.74, 6) is 1.69. The first-order chi connectivity index (χ1) is 28.7. The molecule has 12 aromatic rings. The Bertz CT molecular complexity index is 3600. The summed E-state index contributed by atoms with van der Waals surface area (Å²) in [4.78, 5) is 15.7. The van der Waals surface area contributed by atoms with Gasteiger partial charge in [0.2, 0.25) is 0 Å². The fourth-order valence-electron chi connectivity index (χ4n) is 8.64. The van der Waals surface area contributed by atoms with Crippen LogP contribution in [-0.4, -0.2) is 15.0 Å². The zero-order valence-corrected chi connectivity index (χ0v) is 31.1. The average Bonchev–Trinajstić information content (AvgIpc) is 3.87. The zero-order chi connectivity index (χ0) is 38.2. The van der Waals surface area contributed by atoms with Gasteiger partial charge in [0, 0.05) is 32.7 Å². The summed E-state index contributed by atoms with van der Waals surface area (Å²) in [6, 6.07) is 65.2. The predicted molar refractivity (Wildman–Crippen MR) is 237 cm³/mol. The van der Waals surface area contributed by atoms with Gasteiger partial charge in [-0.15, -0.1) is 0 Å². The van der Waals surface area contributed by atoms with E-state index in [-0.39, 0.29) is 0 Å². The highest BCUT2D eigenvalue weighted by molar-refractivity contribution is 6.15. The second-order valence-corrected chi connectivity index (χ2v) is 14.7. The van der Waals surface area contributed by atoms with E-state index in [0.29, 0.717) is 17.5 Å². The molecule has 0 spiro atoms. The molecule has 0 saturated heterocycles. The van der Waals surface area contributed by atoms with Crippen LogP contribution in [0.2, 0.25) is 0 Å². The number of furan rings is 2. The Morgan fingerprint density at radius 3 is 1.57 bits per heavy atom. The molecule has 270 valence electrons. The molecule has 3 heterocycles. The Labute approximate surface area is 332 Å². The van der Waals surface area contributed by atoms with Crippen molar-refractivity contribution in [2.24, 2.45) is 0 Å². The molecular weight excluding hydrogens is 711 g/mol. The van der Waals surface area contributed by atoms with Gasteiger partial charge < -0.3 is 8.83 Å². The van der Waals surface area contributed by atoms with Gasteiger partial charge in [-0.05, 0) is 80.2 Å². The zero-order valence-electron chi connectivity index (χ0n) is 31.1. The SMILES string of the molecule is c1cc(-c2nc(-c3cccc(-c4cccc5oc6ccccc6c45)c3)nc(-c3cccc4c3oc3ccccc34)n2)cc(-c2cccc3ccc4ccccc4c23)c1. The molecule has 0 saturated carbocycles. The Hall–Kier alpha value is -7.89. The molecule has 9 aromatic carbocycles. The highest BCUT2D eigenvalue weighted by Gasteiger charge is 2.19. The average molecular weight is 742 g/mol. The van der Waals surface area contributed by atoms with Crippen molar-refractivity contribution in [3.05, 3.63) is 188 Å². The maximum atomic E-state index is 6.52. The van der Waals surface area contributed by atoms with Crippen molar-refractivity contribution < 1.29 is 8.83 Å². The molecule has 0 unspecified atom stereocenters. The Morgan fingerprint density at radius 1 is 0.293 bits per heavy atom. The number of fused-ring (bicyclic) bond motifs is 9. The minimum atomic E-state index is 0.541. The lowest BCUT2D eigenvalue weighted by Crippen LogP contribution is -2.00. The third-order valence-corrected chi connectivity index (χ3v) is 11.3. The molecular formula is C53H31N3O2. The van der Waals surface area contributed by atoms with E-state index >= 15 is 0 Å². The molecule has 0 radical (unpaired) electrons. The van der Waals surface area contributed by atoms with Crippen molar-refractivity contribution in [3.8, 4) is 56.4 Å². The van der Waals surface area contributed by atoms with Crippen LogP contribution in [0, 0.1) is 0 Å². The Morgan fingerprint density at radius 2 is 0.793 bits per heavy atom. The van der Waals surface area contributed by atoms with Gasteiger partial charge in [-0.2, -0.15) is 0 Å². The molecule has 0 bridgehead atoms. The number of rotatable bonds is 5. The van der Waals surface area contributed by atoms with Gasteiger partial charge in [-0.1, -0.05) is 152 Å². The van der Waals surface area contributed by atoms with Crippen LogP contribution in [0.3, 0.4) is 0 Å². The van der Waals surface area contributed by atoms with Crippen LogP contribution in [-0.2, 0) is 0 Å². The molecule has 0 N–H and O–H groups in total. The van der Waals surface area contributed by atoms with Gasteiger partial charge in [0.15, 0.2) is 17.5 Å². The van der Waals surface area contributed by atoms with Gasteiger partial charge in [0.25, 0.3) is 0 Å². The van der Waals surface area contributed by atoms with Crippen molar-refractivity contribution in [1.29, 1.82) is 0 Å². The monoisotopic (exact) mass is 741 g/mol. The number of benzene rings is 9. The fourth-order valence-corrected chi connectivity index (χ4v) is 8.64. The van der Waals surface area contributed by atoms with Gasteiger partial charge in [0.05, 0.1) is 5.56 Å². The first kappa shape index (κ1) is 32.4. The summed E-state index contributed by atoms with van der Waals surface area (Å²) < 4.78 is 12.8. The summed E-state index contributed by atoms with van der Waals surface area (Å²) in [5, 5.41) is 9.10. The number of nitrogens with zero attached hydrogens (tertiary/aromatic N) is 3. The van der Waals surface area contributed by atoms with Gasteiger partial charge in [0.1, 0.15) is 22.3 Å². The first-order valence-electron chi connectivity index (χ1n) is 19.4. The smallest absolute Gasteiger partial charge is 0.167 e. The lowest BCUT2D eigenvalue weighted by atomic mass is 9.93. The van der Waals surface area contributed by atoms with E-state index in [4.69, 9.17) is 23.8 Å². The highest BCUT2D eigenvalue weighted by Crippen LogP contribution is 2.40. The van der Waals surface area contributed by atoms with Crippen LogP contribution in [0.5, 0.6) is 0 Å². The molecule has 0 aliphatic heterocycles. The lowest BCUT2D eigenvalue weighted by Gasteiger charge is -2.13. The molecule has 5 nitrogen and oxygen atoms in total. The summed E-state index contributed by atoms with van der Waals surface area (Å²) in [6.45, 7) is 0. The largest absolute Gasteiger partial charge is 0.456 e. The lowest BCUT2D eigenvalue weighted by molar-refractivity contribution is 0.669. The number of aromatic nitrogens is 3. The second-order valence-electron chi connectivity index (χ2n) is 14.7. The van der Waals surface area contributed by atoms with Crippen molar-refractivity contribution >= 4 is 65.4 Å². The third kappa shape index (κ3) is 5.14. The molecule has 3 aromatic heterocycles. The van der Waals surface area contributed by atoms with E-state index in [1.807, 2.05) is 54.6 Å². The van der Waals surface area contributed by atoms with Crippen LogP contribution >= 0.6 is 0 Å². The molecule has 58 heavy (non-hydrogen) atoms. The summed E-state index contributed by atoms with van der Waals surface area (Å²) in [7, 11) is 0. The van der Waals surface area contributed by atoms with E-state index in [1.165, 1.54) is 21.5 Å². The molecule has 0 amide bonds. The molecule has 0 fully saturated rings. The summed E-state index contributed by atoms with van der Waals surface area (Å²) in [6.07, 6.45) is 0. The maximum Gasteiger partial charge on any atom is 0.167 e. The minimum absolute atomic E-state index is 0.541. The highest BCUT2D eigenvalue weighted by atomic mass is 16.3. The quantitative estimate of drug-likeness (QED) is 0.164. The predicted octanol–water partition coefficient (Wildman–Crippen LogP) is 14.3. The molecule has 0 aliphatic rings. The standard InChI is InChI=1S/C53H31N3O2/c1-2-18-38-32(12-1)28-29-33-13-9-21-39(48(33)38)34-14-7-16-36(30-34)51-54-52(56-53(55-51)44-24-10-23-42-41-19-3-5-25-45(41)58-50(42)44)37-17-8-15-35(31-37)40-22-11-27-47-49(40)43-20-4-6-26-46(43)57-47/h1-31H.